The molecule has 0 bridgehead atoms. The van der Waals surface area contributed by atoms with E-state index in [0.29, 0.717) is 17.5 Å². The van der Waals surface area contributed by atoms with E-state index in [2.05, 4.69) is 28.9 Å². The molecule has 1 saturated heterocycles. The number of carboxylic acids is 1. The molecule has 2 aromatic carbocycles. The summed E-state index contributed by atoms with van der Waals surface area (Å²) >= 11 is 0. The Morgan fingerprint density at radius 3 is 2.69 bits per heavy atom. The molecule has 1 saturated carbocycles. The summed E-state index contributed by atoms with van der Waals surface area (Å²) in [5.74, 6) is 1.45. The fourth-order valence-corrected chi connectivity index (χ4v) is 5.35. The van der Waals surface area contributed by atoms with Crippen molar-refractivity contribution in [1.82, 2.24) is 9.88 Å². The number of hydrogen-bond acceptors (Lipinski definition) is 3. The zero-order valence-corrected chi connectivity index (χ0v) is 16.8. The lowest BCUT2D eigenvalue weighted by atomic mass is 9.71. The normalized spacial score (nSPS) is 23.7. The number of fused-ring (bicyclic) bond motifs is 2. The number of aromatic carboxylic acids is 1. The van der Waals surface area contributed by atoms with Crippen molar-refractivity contribution in [2.24, 2.45) is 11.8 Å². The van der Waals surface area contributed by atoms with Gasteiger partial charge in [-0.3, -0.25) is 4.90 Å². The number of nitrogens with one attached hydrogen (secondary N) is 1. The number of aromatic nitrogens is 1. The Morgan fingerprint density at radius 2 is 2.03 bits per heavy atom. The van der Waals surface area contributed by atoms with E-state index in [9.17, 15) is 9.90 Å². The zero-order valence-electron chi connectivity index (χ0n) is 16.8. The molecule has 1 aliphatic carbocycles. The van der Waals surface area contributed by atoms with Gasteiger partial charge in [0.05, 0.1) is 12.7 Å². The third-order valence-corrected chi connectivity index (χ3v) is 6.94. The minimum Gasteiger partial charge on any atom is -0.496 e. The molecule has 0 radical (unpaired) electrons. The summed E-state index contributed by atoms with van der Waals surface area (Å²) in [6.07, 6.45) is 4.53. The molecule has 3 atom stereocenters. The minimum absolute atomic E-state index is 0.330. The quantitative estimate of drug-likeness (QED) is 0.659. The Bertz CT molecular complexity index is 1070. The lowest BCUT2D eigenvalue weighted by Gasteiger charge is -2.34. The second kappa shape index (κ2) is 6.92. The average molecular weight is 390 g/mol. The highest BCUT2D eigenvalue weighted by Gasteiger charge is 2.47. The van der Waals surface area contributed by atoms with Crippen LogP contribution in [-0.2, 0) is 6.54 Å². The van der Waals surface area contributed by atoms with Crippen molar-refractivity contribution in [1.29, 1.82) is 0 Å². The first kappa shape index (κ1) is 18.3. The van der Waals surface area contributed by atoms with Gasteiger partial charge >= 0.3 is 5.97 Å². The summed E-state index contributed by atoms with van der Waals surface area (Å²) in [5, 5.41) is 10.4. The average Bonchev–Trinajstić information content (AvgIpc) is 3.28. The first-order valence-corrected chi connectivity index (χ1v) is 10.3. The summed E-state index contributed by atoms with van der Waals surface area (Å²) in [6.45, 7) is 4.02. The van der Waals surface area contributed by atoms with Crippen molar-refractivity contribution in [3.8, 4) is 5.75 Å². The first-order chi connectivity index (χ1) is 14.1. The van der Waals surface area contributed by atoms with Gasteiger partial charge in [-0.2, -0.15) is 0 Å². The summed E-state index contributed by atoms with van der Waals surface area (Å²) in [5.41, 5.74) is 5.15. The van der Waals surface area contributed by atoms with Crippen molar-refractivity contribution in [3.63, 3.8) is 0 Å². The van der Waals surface area contributed by atoms with E-state index in [1.165, 1.54) is 40.4 Å². The number of nitrogens with zero attached hydrogens (tertiary/aromatic N) is 1. The molecule has 2 aliphatic rings. The fraction of sp³-hybridized carbons (Fsp3) is 0.375. The summed E-state index contributed by atoms with van der Waals surface area (Å²) < 4.78 is 5.76. The number of aromatic amines is 1. The molecule has 0 amide bonds. The summed E-state index contributed by atoms with van der Waals surface area (Å²) in [7, 11) is 1.74. The van der Waals surface area contributed by atoms with Crippen LogP contribution < -0.4 is 4.74 Å². The Balaban J connectivity index is 1.52. The van der Waals surface area contributed by atoms with E-state index in [-0.39, 0.29) is 0 Å². The van der Waals surface area contributed by atoms with Gasteiger partial charge in [0, 0.05) is 41.8 Å². The topological polar surface area (TPSA) is 65.6 Å². The largest absolute Gasteiger partial charge is 0.496 e. The van der Waals surface area contributed by atoms with Crippen LogP contribution in [0.3, 0.4) is 0 Å². The maximum Gasteiger partial charge on any atom is 0.335 e. The van der Waals surface area contributed by atoms with Crippen LogP contribution in [0.15, 0.2) is 42.6 Å². The van der Waals surface area contributed by atoms with Crippen molar-refractivity contribution in [2.45, 2.75) is 32.4 Å². The minimum atomic E-state index is -0.874. The summed E-state index contributed by atoms with van der Waals surface area (Å²) in [4.78, 5) is 17.2. The van der Waals surface area contributed by atoms with Crippen LogP contribution in [0.4, 0.5) is 0 Å². The number of likely N-dealkylation sites (tertiary alicyclic amines) is 1. The highest BCUT2D eigenvalue weighted by molar-refractivity contribution is 5.88. The van der Waals surface area contributed by atoms with Crippen molar-refractivity contribution < 1.29 is 14.6 Å². The SMILES string of the molecule is COc1cc(C)c2[nH]ccc2c1CN1CC2CCC2[C@H]1c1ccc(C(=O)O)cc1. The van der Waals surface area contributed by atoms with E-state index < -0.39 is 5.97 Å². The molecule has 2 fully saturated rings. The van der Waals surface area contributed by atoms with E-state index >= 15 is 0 Å². The highest BCUT2D eigenvalue weighted by Crippen LogP contribution is 2.52. The highest BCUT2D eigenvalue weighted by atomic mass is 16.5. The fourth-order valence-electron chi connectivity index (χ4n) is 5.35. The molecule has 0 spiro atoms. The van der Waals surface area contributed by atoms with Gasteiger partial charge in [-0.15, -0.1) is 0 Å². The smallest absolute Gasteiger partial charge is 0.335 e. The molecule has 3 aromatic rings. The second-order valence-electron chi connectivity index (χ2n) is 8.44. The number of rotatable bonds is 5. The standard InChI is InChI=1S/C24H26N2O3/c1-14-11-21(29-2)20(19-9-10-25-22(14)19)13-26-12-17-7-8-18(17)23(26)15-3-5-16(6-4-15)24(27)28/h3-6,9-11,17-18,23,25H,7-8,12-13H2,1-2H3,(H,27,28)/t17?,18?,23-/m1/s1. The predicted molar refractivity (Wildman–Crippen MR) is 112 cm³/mol. The van der Waals surface area contributed by atoms with Gasteiger partial charge in [0.1, 0.15) is 5.75 Å². The molecule has 29 heavy (non-hydrogen) atoms. The number of ether oxygens (including phenoxy) is 1. The van der Waals surface area contributed by atoms with Gasteiger partial charge in [-0.1, -0.05) is 12.1 Å². The van der Waals surface area contributed by atoms with Gasteiger partial charge < -0.3 is 14.8 Å². The van der Waals surface area contributed by atoms with Crippen LogP contribution in [0.2, 0.25) is 0 Å². The van der Waals surface area contributed by atoms with Gasteiger partial charge in [-0.25, -0.2) is 4.79 Å². The predicted octanol–water partition coefficient (Wildman–Crippen LogP) is 4.77. The van der Waals surface area contributed by atoms with Gasteiger partial charge in [0.25, 0.3) is 0 Å². The Kier molecular flexibility index (Phi) is 4.36. The van der Waals surface area contributed by atoms with E-state index in [4.69, 9.17) is 4.74 Å². The molecule has 2 unspecified atom stereocenters. The number of carbonyl (C=O) groups is 1. The number of benzene rings is 2. The molecule has 1 aromatic heterocycles. The molecule has 2 heterocycles. The molecule has 1 aliphatic heterocycles. The number of methoxy groups -OCH3 is 1. The lowest BCUT2D eigenvalue weighted by molar-refractivity contribution is 0.0697. The van der Waals surface area contributed by atoms with E-state index in [1.807, 2.05) is 18.3 Å². The first-order valence-electron chi connectivity index (χ1n) is 10.3. The van der Waals surface area contributed by atoms with E-state index in [0.717, 1.165) is 24.8 Å². The molecule has 150 valence electrons. The number of carboxylic acid groups (broad SMARTS) is 1. The Labute approximate surface area is 170 Å². The maximum atomic E-state index is 11.2. The van der Waals surface area contributed by atoms with Gasteiger partial charge in [0.2, 0.25) is 0 Å². The van der Waals surface area contributed by atoms with Crippen LogP contribution in [-0.4, -0.2) is 34.6 Å². The van der Waals surface area contributed by atoms with Crippen LogP contribution in [0.25, 0.3) is 10.9 Å². The van der Waals surface area contributed by atoms with Crippen molar-refractivity contribution in [3.05, 3.63) is 64.8 Å². The van der Waals surface area contributed by atoms with Crippen molar-refractivity contribution in [2.75, 3.05) is 13.7 Å². The number of aryl methyl sites for hydroxylation is 1. The Hall–Kier alpha value is -2.79. The molecule has 5 rings (SSSR count). The monoisotopic (exact) mass is 390 g/mol. The number of hydrogen-bond donors (Lipinski definition) is 2. The van der Waals surface area contributed by atoms with Gasteiger partial charge in [0.15, 0.2) is 0 Å². The maximum absolute atomic E-state index is 11.2. The molecule has 5 heteroatoms. The van der Waals surface area contributed by atoms with Crippen LogP contribution >= 0.6 is 0 Å². The third kappa shape index (κ3) is 2.92. The van der Waals surface area contributed by atoms with Crippen LogP contribution in [0.1, 0.15) is 45.9 Å². The third-order valence-electron chi connectivity index (χ3n) is 6.94. The van der Waals surface area contributed by atoms with E-state index in [1.54, 1.807) is 19.2 Å². The zero-order chi connectivity index (χ0) is 20.1. The second-order valence-corrected chi connectivity index (χ2v) is 8.44. The van der Waals surface area contributed by atoms with Gasteiger partial charge in [-0.05, 0) is 67.0 Å². The molecular weight excluding hydrogens is 364 g/mol. The lowest BCUT2D eigenvalue weighted by Crippen LogP contribution is -2.27. The summed E-state index contributed by atoms with van der Waals surface area (Å²) in [6, 6.07) is 12.1. The van der Waals surface area contributed by atoms with Crippen LogP contribution in [0.5, 0.6) is 5.75 Å². The molecule has 5 nitrogen and oxygen atoms in total. The van der Waals surface area contributed by atoms with Crippen molar-refractivity contribution >= 4 is 16.9 Å². The van der Waals surface area contributed by atoms with Crippen LogP contribution in [0, 0.1) is 18.8 Å². The molecular formula is C24H26N2O3. The molecule has 2 N–H and O–H groups in total. The Morgan fingerprint density at radius 1 is 1.24 bits per heavy atom. The number of H-pyrrole nitrogens is 1.